The molecule has 5 aliphatic rings. The fourth-order valence-electron chi connectivity index (χ4n) is 10.5. The van der Waals surface area contributed by atoms with Crippen molar-refractivity contribution in [3.63, 3.8) is 0 Å². The number of anilines is 1. The van der Waals surface area contributed by atoms with E-state index in [9.17, 15) is 4.79 Å². The summed E-state index contributed by atoms with van der Waals surface area (Å²) in [5.74, 6) is -2.97. The maximum absolute atomic E-state index is 15.4. The first-order valence-corrected chi connectivity index (χ1v) is 20.4. The fraction of sp³-hybridized carbons (Fsp3) is 0.163. The van der Waals surface area contributed by atoms with Crippen molar-refractivity contribution < 1.29 is 19.1 Å². The Kier molecular flexibility index (Phi) is 7.53. The summed E-state index contributed by atoms with van der Waals surface area (Å²) in [6.45, 7) is 3.70. The zero-order valence-electron chi connectivity index (χ0n) is 31.6. The van der Waals surface area contributed by atoms with Crippen LogP contribution >= 0.6 is 11.3 Å². The van der Waals surface area contributed by atoms with E-state index in [-0.39, 0.29) is 29.9 Å². The molecule has 2 aliphatic heterocycles. The summed E-state index contributed by atoms with van der Waals surface area (Å²) in [5, 5.41) is 3.62. The van der Waals surface area contributed by atoms with Gasteiger partial charge in [-0.1, -0.05) is 139 Å². The number of imide groups is 1. The Balaban J connectivity index is 1.19. The Morgan fingerprint density at radius 1 is 0.741 bits per heavy atom. The quantitative estimate of drug-likeness (QED) is 0.135. The van der Waals surface area contributed by atoms with Crippen LogP contribution in [0, 0.1) is 11.8 Å². The van der Waals surface area contributed by atoms with Gasteiger partial charge < -0.3 is 4.74 Å². The predicted molar refractivity (Wildman–Crippen MR) is 224 cm³/mol. The average Bonchev–Trinajstić information content (AvgIpc) is 3.70. The molecule has 1 aromatic heterocycles. The number of hydrogen-bond donors (Lipinski definition) is 0. The summed E-state index contributed by atoms with van der Waals surface area (Å²) < 4.78 is 7.59. The molecule has 282 valence electrons. The first kappa shape index (κ1) is 34.5. The molecular formula is C49H35N3O5S. The van der Waals surface area contributed by atoms with Crippen LogP contribution in [-0.2, 0) is 24.5 Å². The van der Waals surface area contributed by atoms with Crippen LogP contribution < -0.4 is 19.8 Å². The molecule has 58 heavy (non-hydrogen) atoms. The lowest BCUT2D eigenvalue weighted by Crippen LogP contribution is -2.53. The second kappa shape index (κ2) is 12.6. The number of esters is 1. The van der Waals surface area contributed by atoms with E-state index >= 15 is 14.4 Å². The third-order valence-corrected chi connectivity index (χ3v) is 13.7. The van der Waals surface area contributed by atoms with Crippen molar-refractivity contribution in [2.45, 2.75) is 31.2 Å². The molecule has 9 heteroatoms. The molecule has 3 heterocycles. The number of aromatic nitrogens is 1. The molecule has 12 rings (SSSR count). The lowest BCUT2D eigenvalue weighted by Gasteiger charge is -2.53. The van der Waals surface area contributed by atoms with E-state index in [4.69, 9.17) is 9.73 Å². The van der Waals surface area contributed by atoms with E-state index < -0.39 is 29.3 Å². The highest BCUT2D eigenvalue weighted by Gasteiger charge is 2.67. The third-order valence-electron chi connectivity index (χ3n) is 12.7. The zero-order valence-corrected chi connectivity index (χ0v) is 32.4. The maximum Gasteiger partial charge on any atom is 0.338 e. The van der Waals surface area contributed by atoms with Crippen LogP contribution in [0.3, 0.4) is 0 Å². The number of thiazole rings is 1. The minimum atomic E-state index is -1.19. The minimum Gasteiger partial charge on any atom is -0.463 e. The van der Waals surface area contributed by atoms with Crippen molar-refractivity contribution in [1.82, 2.24) is 4.57 Å². The molecule has 7 aromatic rings. The molecule has 1 saturated heterocycles. The molecule has 3 atom stereocenters. The number of benzene rings is 6. The van der Waals surface area contributed by atoms with Crippen LogP contribution in [0.5, 0.6) is 0 Å². The van der Waals surface area contributed by atoms with E-state index in [0.717, 1.165) is 49.4 Å². The standard InChI is InChI=1S/C49H35N3O5S/c1-3-57-47(56)39-27(2)50-48-52(43(39)32-22-12-16-28-14-4-6-18-30(28)32)44(53)38(58-48)26-49-35-23-10-8-20-33(35)40(34-21-9-11-24-36(34)49)41-42(49)46(55)51(45(41)54)37-25-13-17-29-15-5-7-19-31(29)37/h4-26,40-43H,3H2,1-2H3/b38-26+/t40?,41-,42-,43+,49?/m0/s1. The SMILES string of the molecule is CCOC(=O)C1=C(C)N=c2s/c(=C/C34c5ccccc5C(c5ccccc53)[C@@H]3C(=O)N(c5cccc6ccccc56)C(=O)[C@H]34)c(=O)n2[C@@H]1c1cccc2ccccc12. The fourth-order valence-corrected chi connectivity index (χ4v) is 11.6. The monoisotopic (exact) mass is 777 g/mol. The van der Waals surface area contributed by atoms with Crippen LogP contribution in [-0.4, -0.2) is 29.0 Å². The van der Waals surface area contributed by atoms with Gasteiger partial charge in [-0.2, -0.15) is 0 Å². The minimum absolute atomic E-state index is 0.162. The summed E-state index contributed by atoms with van der Waals surface area (Å²) in [6, 6.07) is 42.6. The largest absolute Gasteiger partial charge is 0.463 e. The number of nitrogens with zero attached hydrogens (tertiary/aromatic N) is 3. The maximum atomic E-state index is 15.4. The summed E-state index contributed by atoms with van der Waals surface area (Å²) in [6.07, 6.45) is 1.95. The van der Waals surface area contributed by atoms with Crippen molar-refractivity contribution >= 4 is 62.4 Å². The molecule has 0 unspecified atom stereocenters. The van der Waals surface area contributed by atoms with Crippen LogP contribution in [0.2, 0.25) is 0 Å². The predicted octanol–water partition coefficient (Wildman–Crippen LogP) is 7.31. The Hall–Kier alpha value is -6.71. The van der Waals surface area contributed by atoms with Gasteiger partial charge in [-0.3, -0.25) is 19.0 Å². The topological polar surface area (TPSA) is 98.0 Å². The number of rotatable bonds is 5. The summed E-state index contributed by atoms with van der Waals surface area (Å²) >= 11 is 1.24. The van der Waals surface area contributed by atoms with E-state index in [1.807, 2.05) is 127 Å². The Morgan fingerprint density at radius 3 is 2.03 bits per heavy atom. The first-order chi connectivity index (χ1) is 28.3. The number of amides is 2. The third kappa shape index (κ3) is 4.53. The normalized spacial score (nSPS) is 23.1. The van der Waals surface area contributed by atoms with Crippen LogP contribution in [0.25, 0.3) is 27.6 Å². The Labute approximate surface area is 336 Å². The van der Waals surface area contributed by atoms with Crippen molar-refractivity contribution in [1.29, 1.82) is 0 Å². The van der Waals surface area contributed by atoms with Gasteiger partial charge in [0.05, 0.1) is 51.4 Å². The van der Waals surface area contributed by atoms with Gasteiger partial charge in [0.1, 0.15) is 0 Å². The second-order valence-corrected chi connectivity index (χ2v) is 16.4. The molecule has 6 aromatic carbocycles. The Bertz CT molecular complexity index is 3140. The van der Waals surface area contributed by atoms with Crippen LogP contribution in [0.15, 0.2) is 155 Å². The van der Waals surface area contributed by atoms with Crippen molar-refractivity contribution in [3.05, 3.63) is 192 Å². The number of hydrogen-bond acceptors (Lipinski definition) is 7. The number of carbonyl (C=O) groups excluding carboxylic acids is 3. The lowest BCUT2D eigenvalue weighted by molar-refractivity contribution is -0.139. The smallest absolute Gasteiger partial charge is 0.338 e. The second-order valence-electron chi connectivity index (χ2n) is 15.4. The van der Waals surface area contributed by atoms with E-state index in [0.29, 0.717) is 26.3 Å². The van der Waals surface area contributed by atoms with E-state index in [1.165, 1.54) is 16.2 Å². The highest BCUT2D eigenvalue weighted by Crippen LogP contribution is 2.65. The molecule has 0 spiro atoms. The molecule has 2 bridgehead atoms. The van der Waals surface area contributed by atoms with Gasteiger partial charge in [-0.05, 0) is 70.0 Å². The molecule has 0 saturated carbocycles. The number of carbonyl (C=O) groups is 3. The van der Waals surface area contributed by atoms with Gasteiger partial charge in [-0.25, -0.2) is 14.7 Å². The molecule has 3 aliphatic carbocycles. The average molecular weight is 778 g/mol. The molecule has 1 fully saturated rings. The number of allylic oxidation sites excluding steroid dienone is 1. The summed E-state index contributed by atoms with van der Waals surface area (Å²) in [5.41, 5.74) is 4.33. The van der Waals surface area contributed by atoms with Crippen LogP contribution in [0.1, 0.15) is 53.6 Å². The van der Waals surface area contributed by atoms with Gasteiger partial charge >= 0.3 is 5.97 Å². The summed E-state index contributed by atoms with van der Waals surface area (Å²) in [4.78, 5) is 66.4. The van der Waals surface area contributed by atoms with Gasteiger partial charge in [0.2, 0.25) is 11.8 Å². The van der Waals surface area contributed by atoms with E-state index in [2.05, 4.69) is 12.1 Å². The van der Waals surface area contributed by atoms with Crippen molar-refractivity contribution in [2.75, 3.05) is 11.5 Å². The number of ether oxygens (including phenoxy) is 1. The number of fused-ring (bicyclic) bond motifs is 3. The molecule has 2 amide bonds. The Morgan fingerprint density at radius 2 is 1.33 bits per heavy atom. The lowest BCUT2D eigenvalue weighted by atomic mass is 9.47. The van der Waals surface area contributed by atoms with Crippen molar-refractivity contribution in [2.24, 2.45) is 16.8 Å². The molecular weight excluding hydrogens is 743 g/mol. The van der Waals surface area contributed by atoms with Gasteiger partial charge in [-0.15, -0.1) is 0 Å². The molecule has 8 nitrogen and oxygen atoms in total. The zero-order chi connectivity index (χ0) is 39.4. The van der Waals surface area contributed by atoms with Gasteiger partial charge in [0.25, 0.3) is 5.56 Å². The first-order valence-electron chi connectivity index (χ1n) is 19.6. The molecule has 0 N–H and O–H groups in total. The highest BCUT2D eigenvalue weighted by atomic mass is 32.1. The highest BCUT2D eigenvalue weighted by molar-refractivity contribution is 7.07. The summed E-state index contributed by atoms with van der Waals surface area (Å²) in [7, 11) is 0. The van der Waals surface area contributed by atoms with Crippen LogP contribution in [0.4, 0.5) is 5.69 Å². The van der Waals surface area contributed by atoms with Crippen molar-refractivity contribution in [3.8, 4) is 0 Å². The van der Waals surface area contributed by atoms with E-state index in [1.54, 1.807) is 18.4 Å². The van der Waals surface area contributed by atoms with Gasteiger partial charge in [0.15, 0.2) is 4.80 Å². The molecule has 0 radical (unpaired) electrons. The van der Waals surface area contributed by atoms with Gasteiger partial charge in [0, 0.05) is 11.3 Å².